The summed E-state index contributed by atoms with van der Waals surface area (Å²) in [6, 6.07) is 16.5. The summed E-state index contributed by atoms with van der Waals surface area (Å²) in [6.45, 7) is 1.04. The van der Waals surface area contributed by atoms with Crippen molar-refractivity contribution in [2.45, 2.75) is 12.8 Å². The van der Waals surface area contributed by atoms with E-state index in [1.54, 1.807) is 6.20 Å². The van der Waals surface area contributed by atoms with Crippen LogP contribution in [0.1, 0.15) is 12.0 Å². The summed E-state index contributed by atoms with van der Waals surface area (Å²) in [6.07, 6.45) is 3.88. The van der Waals surface area contributed by atoms with Gasteiger partial charge in [-0.2, -0.15) is 0 Å². The van der Waals surface area contributed by atoms with E-state index < -0.39 is 0 Å². The van der Waals surface area contributed by atoms with Gasteiger partial charge in [-0.15, -0.1) is 0 Å². The third-order valence-corrected chi connectivity index (χ3v) is 4.16. The maximum Gasteiger partial charge on any atom is 0.142 e. The van der Waals surface area contributed by atoms with Crippen LogP contribution < -0.4 is 11.1 Å². The first-order valence-electron chi connectivity index (χ1n) is 7.86. The van der Waals surface area contributed by atoms with Crippen LogP contribution in [0.15, 0.2) is 54.7 Å². The Bertz CT molecular complexity index is 843. The van der Waals surface area contributed by atoms with E-state index in [1.165, 1.54) is 11.3 Å². The third-order valence-electron chi connectivity index (χ3n) is 4.16. The number of nitrogens with zero attached hydrogens (tertiary/aromatic N) is 2. The number of nitrogens with one attached hydrogen (secondary N) is 1. The first kappa shape index (κ1) is 13.8. The van der Waals surface area contributed by atoms with Crippen LogP contribution in [0.5, 0.6) is 0 Å². The number of nitrogen functional groups attached to an aromatic ring is 1. The van der Waals surface area contributed by atoms with Crippen molar-refractivity contribution in [3.8, 4) is 22.5 Å². The van der Waals surface area contributed by atoms with Crippen LogP contribution in [-0.4, -0.2) is 16.5 Å². The van der Waals surface area contributed by atoms with Crippen molar-refractivity contribution in [2.24, 2.45) is 0 Å². The van der Waals surface area contributed by atoms with Gasteiger partial charge in [0.2, 0.25) is 0 Å². The Labute approximate surface area is 135 Å². The fourth-order valence-corrected chi connectivity index (χ4v) is 3.03. The van der Waals surface area contributed by atoms with Gasteiger partial charge in [0.15, 0.2) is 0 Å². The molecule has 1 aliphatic heterocycles. The normalized spacial score (nSPS) is 13.2. The number of fused-ring (bicyclic) bond motifs is 1. The van der Waals surface area contributed by atoms with Crippen molar-refractivity contribution in [2.75, 3.05) is 17.6 Å². The molecule has 114 valence electrons. The zero-order valence-corrected chi connectivity index (χ0v) is 12.8. The molecular weight excluding hydrogens is 284 g/mol. The molecule has 4 rings (SSSR count). The van der Waals surface area contributed by atoms with E-state index in [2.05, 4.69) is 33.5 Å². The van der Waals surface area contributed by atoms with Crippen molar-refractivity contribution in [1.29, 1.82) is 0 Å². The number of hydrogen-bond donors (Lipinski definition) is 2. The monoisotopic (exact) mass is 302 g/mol. The summed E-state index contributed by atoms with van der Waals surface area (Å²) in [5.74, 6) is 0.437. The molecule has 23 heavy (non-hydrogen) atoms. The average Bonchev–Trinajstić information content (AvgIpc) is 2.62. The molecule has 0 fully saturated rings. The largest absolute Gasteiger partial charge is 0.385 e. The highest BCUT2D eigenvalue weighted by molar-refractivity contribution is 5.80. The Hall–Kier alpha value is -2.88. The van der Waals surface area contributed by atoms with E-state index in [1.807, 2.05) is 30.3 Å². The Morgan fingerprint density at radius 2 is 1.83 bits per heavy atom. The second-order valence-electron chi connectivity index (χ2n) is 5.76. The smallest absolute Gasteiger partial charge is 0.142 e. The fourth-order valence-electron chi connectivity index (χ4n) is 3.03. The lowest BCUT2D eigenvalue weighted by Crippen LogP contribution is -2.11. The lowest BCUT2D eigenvalue weighted by atomic mass is 9.97. The van der Waals surface area contributed by atoms with Gasteiger partial charge in [0.1, 0.15) is 5.82 Å². The molecule has 1 aliphatic rings. The maximum absolute atomic E-state index is 5.87. The van der Waals surface area contributed by atoms with Crippen LogP contribution in [0.3, 0.4) is 0 Å². The topological polar surface area (TPSA) is 63.8 Å². The Morgan fingerprint density at radius 1 is 0.957 bits per heavy atom. The number of nitrogens with two attached hydrogens (primary N) is 1. The number of anilines is 2. The van der Waals surface area contributed by atoms with Gasteiger partial charge >= 0.3 is 0 Å². The molecule has 1 aromatic heterocycles. The molecule has 0 spiro atoms. The number of benzene rings is 2. The fraction of sp³-hybridized carbons (Fsp3) is 0.158. The van der Waals surface area contributed by atoms with Crippen molar-refractivity contribution < 1.29 is 0 Å². The lowest BCUT2D eigenvalue weighted by Gasteiger charge is -2.19. The molecule has 2 heterocycles. The number of rotatable bonds is 2. The van der Waals surface area contributed by atoms with Gasteiger partial charge < -0.3 is 11.1 Å². The third kappa shape index (κ3) is 2.63. The minimum Gasteiger partial charge on any atom is -0.385 e. The van der Waals surface area contributed by atoms with Crippen LogP contribution >= 0.6 is 0 Å². The Morgan fingerprint density at radius 3 is 2.70 bits per heavy atom. The number of aryl methyl sites for hydroxylation is 1. The minimum atomic E-state index is 0.437. The molecule has 0 atom stereocenters. The van der Waals surface area contributed by atoms with Crippen molar-refractivity contribution >= 4 is 11.5 Å². The molecular formula is C19H18N4. The van der Waals surface area contributed by atoms with Gasteiger partial charge in [0.05, 0.1) is 17.6 Å². The average molecular weight is 302 g/mol. The van der Waals surface area contributed by atoms with Crippen LogP contribution in [0.4, 0.5) is 11.5 Å². The number of hydrogen-bond acceptors (Lipinski definition) is 4. The predicted molar refractivity (Wildman–Crippen MR) is 94.1 cm³/mol. The molecule has 3 N–H and O–H groups in total. The van der Waals surface area contributed by atoms with E-state index >= 15 is 0 Å². The molecule has 0 bridgehead atoms. The van der Waals surface area contributed by atoms with Crippen molar-refractivity contribution in [3.63, 3.8) is 0 Å². The van der Waals surface area contributed by atoms with Crippen molar-refractivity contribution in [3.05, 3.63) is 60.3 Å². The zero-order valence-electron chi connectivity index (χ0n) is 12.8. The number of aromatic nitrogens is 2. The minimum absolute atomic E-state index is 0.437. The highest BCUT2D eigenvalue weighted by atomic mass is 14.9. The highest BCUT2D eigenvalue weighted by Crippen LogP contribution is 2.32. The Kier molecular flexibility index (Phi) is 3.42. The van der Waals surface area contributed by atoms with Gasteiger partial charge in [0.25, 0.3) is 0 Å². The van der Waals surface area contributed by atoms with E-state index in [9.17, 15) is 0 Å². The summed E-state index contributed by atoms with van der Waals surface area (Å²) in [4.78, 5) is 9.10. The summed E-state index contributed by atoms with van der Waals surface area (Å²) in [5, 5.41) is 3.44. The SMILES string of the molecule is Nc1cnc(-c2ccc3c(c2)CCCN3)c(-c2ccccc2)n1. The highest BCUT2D eigenvalue weighted by Gasteiger charge is 2.14. The molecule has 0 amide bonds. The second-order valence-corrected chi connectivity index (χ2v) is 5.76. The lowest BCUT2D eigenvalue weighted by molar-refractivity contribution is 0.830. The van der Waals surface area contributed by atoms with Gasteiger partial charge in [0, 0.05) is 23.4 Å². The van der Waals surface area contributed by atoms with Gasteiger partial charge in [-0.1, -0.05) is 36.4 Å². The predicted octanol–water partition coefficient (Wildman–Crippen LogP) is 3.75. The van der Waals surface area contributed by atoms with Crippen LogP contribution in [0, 0.1) is 0 Å². The van der Waals surface area contributed by atoms with E-state index in [4.69, 9.17) is 5.73 Å². The van der Waals surface area contributed by atoms with Crippen LogP contribution in [0.2, 0.25) is 0 Å². The van der Waals surface area contributed by atoms with Gasteiger partial charge in [-0.3, -0.25) is 4.98 Å². The summed E-state index contributed by atoms with van der Waals surface area (Å²) < 4.78 is 0. The molecule has 0 radical (unpaired) electrons. The molecule has 3 aromatic rings. The maximum atomic E-state index is 5.87. The molecule has 2 aromatic carbocycles. The molecule has 4 nitrogen and oxygen atoms in total. The van der Waals surface area contributed by atoms with Gasteiger partial charge in [-0.05, 0) is 30.5 Å². The summed E-state index contributed by atoms with van der Waals surface area (Å²) in [7, 11) is 0. The molecule has 0 saturated heterocycles. The molecule has 0 saturated carbocycles. The molecule has 4 heteroatoms. The van der Waals surface area contributed by atoms with E-state index in [0.29, 0.717) is 5.82 Å². The van der Waals surface area contributed by atoms with Crippen LogP contribution in [0.25, 0.3) is 22.5 Å². The van der Waals surface area contributed by atoms with Crippen LogP contribution in [-0.2, 0) is 6.42 Å². The quantitative estimate of drug-likeness (QED) is 0.756. The second kappa shape index (κ2) is 5.72. The summed E-state index contributed by atoms with van der Waals surface area (Å²) >= 11 is 0. The zero-order chi connectivity index (χ0) is 15.6. The van der Waals surface area contributed by atoms with E-state index in [-0.39, 0.29) is 0 Å². The first-order chi connectivity index (χ1) is 11.3. The standard InChI is InChI=1S/C19H18N4/c20-17-12-22-18(19(23-17)13-5-2-1-3-6-13)15-8-9-16-14(11-15)7-4-10-21-16/h1-3,5-6,8-9,11-12,21H,4,7,10H2,(H2,20,23). The van der Waals surface area contributed by atoms with E-state index in [0.717, 1.165) is 41.9 Å². The van der Waals surface area contributed by atoms with Gasteiger partial charge in [-0.25, -0.2) is 4.98 Å². The molecule has 0 aliphatic carbocycles. The Balaban J connectivity index is 1.86. The first-order valence-corrected chi connectivity index (χ1v) is 7.86. The molecule has 0 unspecified atom stereocenters. The summed E-state index contributed by atoms with van der Waals surface area (Å²) in [5.41, 5.74) is 12.2. The van der Waals surface area contributed by atoms with Crippen molar-refractivity contribution in [1.82, 2.24) is 9.97 Å².